The third-order valence-electron chi connectivity index (χ3n) is 1.77. The maximum Gasteiger partial charge on any atom is 1.00 e. The van der Waals surface area contributed by atoms with Crippen molar-refractivity contribution in [3.8, 4) is 5.75 Å². The molecule has 1 N–H and O–H groups in total. The summed E-state index contributed by atoms with van der Waals surface area (Å²) in [5, 5.41) is 13.2. The monoisotopic (exact) mass is 243 g/mol. The number of hydrogen-bond donors (Lipinski definition) is 1. The fourth-order valence-corrected chi connectivity index (χ4v) is 1.16. The number of anilines is 1. The number of carbonyl (C=O) groups excluding carboxylic acids is 1. The molecule has 1 aromatic rings. The van der Waals surface area contributed by atoms with E-state index in [-0.39, 0.29) is 35.3 Å². The molecule has 0 aliphatic rings. The number of rotatable bonds is 4. The van der Waals surface area contributed by atoms with Crippen LogP contribution in [0.1, 0.15) is 13.8 Å². The molecule has 5 heteroatoms. The molecular formula is C12H14NNaO3. The van der Waals surface area contributed by atoms with E-state index in [4.69, 9.17) is 4.74 Å². The Morgan fingerprint density at radius 2 is 2.00 bits per heavy atom. The first kappa shape index (κ1) is 16.0. The van der Waals surface area contributed by atoms with Gasteiger partial charge in [-0.05, 0) is 37.3 Å². The Labute approximate surface area is 123 Å². The van der Waals surface area contributed by atoms with E-state index in [1.165, 1.54) is 6.92 Å². The minimum atomic E-state index is -0.420. The van der Waals surface area contributed by atoms with Crippen molar-refractivity contribution in [2.75, 3.05) is 11.9 Å². The maximum absolute atomic E-state index is 11.2. The quantitative estimate of drug-likeness (QED) is 0.389. The Morgan fingerprint density at radius 3 is 2.47 bits per heavy atom. The van der Waals surface area contributed by atoms with Crippen molar-refractivity contribution in [3.63, 3.8) is 0 Å². The molecule has 0 heterocycles. The largest absolute Gasteiger partial charge is 1.00 e. The predicted octanol–water partition coefficient (Wildman–Crippen LogP) is -1.71. The van der Waals surface area contributed by atoms with Crippen LogP contribution >= 0.6 is 0 Å². The molecule has 0 aromatic heterocycles. The molecular weight excluding hydrogens is 229 g/mol. The molecule has 0 unspecified atom stereocenters. The van der Waals surface area contributed by atoms with Crippen LogP contribution < -0.4 is 44.7 Å². The Kier molecular flexibility index (Phi) is 7.70. The number of amides is 1. The summed E-state index contributed by atoms with van der Waals surface area (Å²) < 4.78 is 5.26. The van der Waals surface area contributed by atoms with Gasteiger partial charge in [0.2, 0.25) is 5.91 Å². The Morgan fingerprint density at radius 1 is 1.41 bits per heavy atom. The molecule has 1 rings (SSSR count). The smallest absolute Gasteiger partial charge is 0.875 e. The topological polar surface area (TPSA) is 61.4 Å². The minimum absolute atomic E-state index is 0. The number of nitrogens with one attached hydrogen (secondary N) is 1. The van der Waals surface area contributed by atoms with Crippen LogP contribution in [0.25, 0.3) is 0 Å². The van der Waals surface area contributed by atoms with Gasteiger partial charge in [-0.3, -0.25) is 4.79 Å². The summed E-state index contributed by atoms with van der Waals surface area (Å²) in [6.45, 7) is 3.83. The summed E-state index contributed by atoms with van der Waals surface area (Å²) in [4.78, 5) is 11.2. The van der Waals surface area contributed by atoms with E-state index in [2.05, 4.69) is 5.32 Å². The second-order valence-electron chi connectivity index (χ2n) is 3.20. The molecule has 0 saturated carbocycles. The molecule has 4 nitrogen and oxygen atoms in total. The van der Waals surface area contributed by atoms with Gasteiger partial charge in [-0.2, -0.15) is 0 Å². The molecule has 0 aliphatic carbocycles. The van der Waals surface area contributed by atoms with Crippen molar-refractivity contribution in [2.24, 2.45) is 0 Å². The Bertz CT molecular complexity index is 383. The van der Waals surface area contributed by atoms with Gasteiger partial charge in [0, 0.05) is 5.69 Å². The van der Waals surface area contributed by atoms with Crippen LogP contribution in [0.15, 0.2) is 36.1 Å². The fraction of sp³-hybridized carbons (Fsp3) is 0.250. The van der Waals surface area contributed by atoms with Gasteiger partial charge in [0.25, 0.3) is 0 Å². The van der Waals surface area contributed by atoms with Gasteiger partial charge < -0.3 is 15.2 Å². The summed E-state index contributed by atoms with van der Waals surface area (Å²) in [6.07, 6.45) is 1.01. The second kappa shape index (κ2) is 8.17. The number of allylic oxidation sites excluding steroid dienone is 1. The molecule has 0 bridgehead atoms. The summed E-state index contributed by atoms with van der Waals surface area (Å²) in [6, 6.07) is 6.95. The first-order valence-electron chi connectivity index (χ1n) is 5.01. The zero-order valence-electron chi connectivity index (χ0n) is 10.3. The van der Waals surface area contributed by atoms with Crippen LogP contribution in [-0.4, -0.2) is 12.5 Å². The molecule has 0 radical (unpaired) electrons. The molecule has 0 saturated heterocycles. The van der Waals surface area contributed by atoms with Crippen LogP contribution in [-0.2, 0) is 4.79 Å². The van der Waals surface area contributed by atoms with E-state index in [0.717, 1.165) is 11.8 Å². The van der Waals surface area contributed by atoms with E-state index >= 15 is 0 Å². The van der Waals surface area contributed by atoms with Crippen LogP contribution in [0.2, 0.25) is 0 Å². The summed E-state index contributed by atoms with van der Waals surface area (Å²) in [7, 11) is 0. The standard InChI is InChI=1S/C12H15NO3.Na/c1-3-16-11-6-4-10(5-7-11)13-12(15)8-9(2)14;/h4-8,14H,3H2,1-2H3,(H,13,15);/q;+1/p-1/b9-8-;. The summed E-state index contributed by atoms with van der Waals surface area (Å²) in [5.41, 5.74) is 0.631. The van der Waals surface area contributed by atoms with Crippen molar-refractivity contribution >= 4 is 11.6 Å². The van der Waals surface area contributed by atoms with Crippen molar-refractivity contribution < 1.29 is 44.2 Å². The van der Waals surface area contributed by atoms with E-state index in [1.54, 1.807) is 24.3 Å². The first-order chi connectivity index (χ1) is 7.61. The van der Waals surface area contributed by atoms with Gasteiger partial charge in [0.15, 0.2) is 0 Å². The normalized spacial score (nSPS) is 10.4. The van der Waals surface area contributed by atoms with E-state index in [9.17, 15) is 9.90 Å². The van der Waals surface area contributed by atoms with Gasteiger partial charge in [0.05, 0.1) is 6.61 Å². The third kappa shape index (κ3) is 6.36. The maximum atomic E-state index is 11.2. The first-order valence-corrected chi connectivity index (χ1v) is 5.01. The molecule has 86 valence electrons. The Balaban J connectivity index is 0.00000256. The van der Waals surface area contributed by atoms with E-state index < -0.39 is 5.91 Å². The Hall–Kier alpha value is -0.970. The molecule has 1 aromatic carbocycles. The molecule has 0 spiro atoms. The second-order valence-corrected chi connectivity index (χ2v) is 3.20. The van der Waals surface area contributed by atoms with Crippen molar-refractivity contribution in [2.45, 2.75) is 13.8 Å². The van der Waals surface area contributed by atoms with Gasteiger partial charge >= 0.3 is 29.6 Å². The average Bonchev–Trinajstić information content (AvgIpc) is 2.20. The van der Waals surface area contributed by atoms with E-state index in [0.29, 0.717) is 12.3 Å². The molecule has 0 aliphatic heterocycles. The van der Waals surface area contributed by atoms with E-state index in [1.807, 2.05) is 6.92 Å². The van der Waals surface area contributed by atoms with Gasteiger partial charge in [-0.15, -0.1) is 5.76 Å². The molecule has 0 atom stereocenters. The van der Waals surface area contributed by atoms with Gasteiger partial charge in [0.1, 0.15) is 5.75 Å². The zero-order chi connectivity index (χ0) is 12.0. The van der Waals surface area contributed by atoms with Crippen LogP contribution in [0.4, 0.5) is 5.69 Å². The van der Waals surface area contributed by atoms with Crippen LogP contribution in [0, 0.1) is 0 Å². The number of carbonyl (C=O) groups is 1. The van der Waals surface area contributed by atoms with Gasteiger partial charge in [-0.1, -0.05) is 6.92 Å². The average molecular weight is 243 g/mol. The number of ether oxygens (including phenoxy) is 1. The van der Waals surface area contributed by atoms with Crippen LogP contribution in [0.3, 0.4) is 0 Å². The number of hydrogen-bond acceptors (Lipinski definition) is 3. The molecule has 17 heavy (non-hydrogen) atoms. The fourth-order valence-electron chi connectivity index (χ4n) is 1.16. The minimum Gasteiger partial charge on any atom is -0.875 e. The van der Waals surface area contributed by atoms with Crippen molar-refractivity contribution in [3.05, 3.63) is 36.1 Å². The number of benzene rings is 1. The predicted molar refractivity (Wildman–Crippen MR) is 60.0 cm³/mol. The third-order valence-corrected chi connectivity index (χ3v) is 1.77. The van der Waals surface area contributed by atoms with Gasteiger partial charge in [-0.25, -0.2) is 0 Å². The molecule has 0 fully saturated rings. The SMILES string of the molecule is CCOc1ccc(NC(=O)/C=C(/C)[O-])cc1.[Na+]. The van der Waals surface area contributed by atoms with Crippen molar-refractivity contribution in [1.82, 2.24) is 0 Å². The zero-order valence-corrected chi connectivity index (χ0v) is 12.3. The summed E-state index contributed by atoms with van der Waals surface area (Å²) in [5.74, 6) is 0.0520. The van der Waals surface area contributed by atoms with Crippen LogP contribution in [0.5, 0.6) is 5.75 Å². The molecule has 1 amide bonds. The summed E-state index contributed by atoms with van der Waals surface area (Å²) >= 11 is 0. The van der Waals surface area contributed by atoms with Crippen molar-refractivity contribution in [1.29, 1.82) is 0 Å².